The molecule has 10 heteroatoms. The molecule has 0 saturated heterocycles. The summed E-state index contributed by atoms with van der Waals surface area (Å²) in [5, 5.41) is 0. The Kier molecular flexibility index (Phi) is 6.62. The third kappa shape index (κ3) is 5.24. The molecule has 1 amide bonds. The second-order valence-electron chi connectivity index (χ2n) is 8.55. The number of alkyl halides is 3. The lowest BCUT2D eigenvalue weighted by Crippen LogP contribution is -2.17. The first-order valence-electron chi connectivity index (χ1n) is 11.7. The zero-order valence-electron chi connectivity index (χ0n) is 20.3. The molecule has 2 aliphatic rings. The van der Waals surface area contributed by atoms with Crippen LogP contribution in [0.5, 0.6) is 11.5 Å². The third-order valence-corrected chi connectivity index (χ3v) is 6.12. The highest BCUT2D eigenvalue weighted by Crippen LogP contribution is 2.37. The van der Waals surface area contributed by atoms with Crippen LogP contribution in [0.4, 0.5) is 18.0 Å². The van der Waals surface area contributed by atoms with E-state index in [0.717, 1.165) is 22.5 Å². The SMILES string of the molecule is COc1ccccc1C(C)OC(=O)N=C1C=CC2C(=C1)C=Cc1c2ncn1-c1ccc(OC(F)(F)F)cc1. The molecule has 194 valence electrons. The van der Waals surface area contributed by atoms with Gasteiger partial charge in [0.15, 0.2) is 0 Å². The Bertz CT molecular complexity index is 1480. The van der Waals surface area contributed by atoms with Crippen LogP contribution in [0.25, 0.3) is 11.8 Å². The van der Waals surface area contributed by atoms with E-state index in [1.54, 1.807) is 43.1 Å². The number of benzene rings is 2. The number of nitrogens with zero attached hydrogens (tertiary/aromatic N) is 3. The molecule has 7 nitrogen and oxygen atoms in total. The van der Waals surface area contributed by atoms with E-state index >= 15 is 0 Å². The third-order valence-electron chi connectivity index (χ3n) is 6.12. The van der Waals surface area contributed by atoms with Gasteiger partial charge in [-0.1, -0.05) is 30.4 Å². The first kappa shape index (κ1) is 25.1. The molecule has 2 unspecified atom stereocenters. The van der Waals surface area contributed by atoms with E-state index in [-0.39, 0.29) is 11.7 Å². The lowest BCUT2D eigenvalue weighted by atomic mass is 9.85. The molecule has 0 bridgehead atoms. The Morgan fingerprint density at radius 1 is 1.08 bits per heavy atom. The number of hydrogen-bond donors (Lipinski definition) is 0. The molecule has 1 heterocycles. The molecule has 38 heavy (non-hydrogen) atoms. The maximum atomic E-state index is 12.5. The van der Waals surface area contributed by atoms with Crippen molar-refractivity contribution in [2.24, 2.45) is 4.99 Å². The average molecular weight is 521 g/mol. The van der Waals surface area contributed by atoms with Crippen molar-refractivity contribution >= 4 is 17.9 Å². The van der Waals surface area contributed by atoms with Crippen LogP contribution in [0.1, 0.15) is 35.9 Å². The monoisotopic (exact) mass is 521 g/mol. The van der Waals surface area contributed by atoms with Crippen molar-refractivity contribution in [2.75, 3.05) is 7.11 Å². The van der Waals surface area contributed by atoms with Crippen molar-refractivity contribution in [3.05, 3.63) is 102 Å². The first-order chi connectivity index (χ1) is 18.2. The summed E-state index contributed by atoms with van der Waals surface area (Å²) in [7, 11) is 1.55. The van der Waals surface area contributed by atoms with Crippen LogP contribution in [0, 0.1) is 0 Å². The number of methoxy groups -OCH3 is 1. The van der Waals surface area contributed by atoms with E-state index in [1.807, 2.05) is 36.4 Å². The van der Waals surface area contributed by atoms with Crippen molar-refractivity contribution in [3.63, 3.8) is 0 Å². The lowest BCUT2D eigenvalue weighted by molar-refractivity contribution is -0.274. The summed E-state index contributed by atoms with van der Waals surface area (Å²) in [4.78, 5) is 21.1. The first-order valence-corrected chi connectivity index (χ1v) is 11.7. The second-order valence-corrected chi connectivity index (χ2v) is 8.55. The largest absolute Gasteiger partial charge is 0.573 e. The van der Waals surface area contributed by atoms with Crippen LogP contribution < -0.4 is 9.47 Å². The van der Waals surface area contributed by atoms with Crippen LogP contribution >= 0.6 is 0 Å². The number of halogens is 3. The van der Waals surface area contributed by atoms with Crippen molar-refractivity contribution in [1.29, 1.82) is 0 Å². The van der Waals surface area contributed by atoms with Crippen molar-refractivity contribution in [2.45, 2.75) is 25.3 Å². The number of rotatable bonds is 5. The van der Waals surface area contributed by atoms with Gasteiger partial charge in [-0.15, -0.1) is 13.2 Å². The van der Waals surface area contributed by atoms with E-state index in [0.29, 0.717) is 17.1 Å². The zero-order valence-corrected chi connectivity index (χ0v) is 20.3. The standard InChI is InChI=1S/C28H22F3N3O4/c1-17(22-5-3-4-6-25(22)36-2)37-27(35)33-19-8-13-23-18(15-19)7-14-24-26(23)32-16-34(24)20-9-11-21(12-10-20)38-28(29,30)31/h3-17,23H,1-2H3. The van der Waals surface area contributed by atoms with Crippen LogP contribution in [0.3, 0.4) is 0 Å². The predicted octanol–water partition coefficient (Wildman–Crippen LogP) is 6.72. The average Bonchev–Trinajstić information content (AvgIpc) is 3.32. The minimum Gasteiger partial charge on any atom is -0.496 e. The summed E-state index contributed by atoms with van der Waals surface area (Å²) in [6.07, 6.45) is 4.78. The molecular weight excluding hydrogens is 499 g/mol. The number of fused-ring (bicyclic) bond motifs is 3. The van der Waals surface area contributed by atoms with E-state index in [9.17, 15) is 18.0 Å². The van der Waals surface area contributed by atoms with Crippen LogP contribution in [-0.4, -0.2) is 34.8 Å². The molecule has 2 aliphatic carbocycles. The molecule has 2 atom stereocenters. The minimum atomic E-state index is -4.75. The molecule has 3 aromatic rings. The summed E-state index contributed by atoms with van der Waals surface area (Å²) in [6, 6.07) is 12.9. The van der Waals surface area contributed by atoms with Crippen molar-refractivity contribution in [1.82, 2.24) is 9.55 Å². The van der Waals surface area contributed by atoms with Gasteiger partial charge in [0, 0.05) is 17.2 Å². The molecule has 0 spiro atoms. The topological polar surface area (TPSA) is 74.9 Å². The van der Waals surface area contributed by atoms with E-state index in [4.69, 9.17) is 9.47 Å². The fraction of sp³-hybridized carbons (Fsp3) is 0.179. The number of para-hydroxylation sites is 1. The van der Waals surface area contributed by atoms with E-state index < -0.39 is 18.6 Å². The van der Waals surface area contributed by atoms with Crippen molar-refractivity contribution in [3.8, 4) is 17.2 Å². The fourth-order valence-corrected chi connectivity index (χ4v) is 4.40. The number of aromatic nitrogens is 2. The number of aliphatic imine (C=N–C) groups is 1. The number of carbonyl (C=O) groups excluding carboxylic acids is 1. The quantitative estimate of drug-likeness (QED) is 0.372. The van der Waals surface area contributed by atoms with Gasteiger partial charge in [0.2, 0.25) is 0 Å². The molecule has 2 aromatic carbocycles. The number of imidazole rings is 1. The summed E-state index contributed by atoms with van der Waals surface area (Å²) in [5.74, 6) is 0.163. The molecule has 0 fully saturated rings. The van der Waals surface area contributed by atoms with Gasteiger partial charge in [-0.25, -0.2) is 9.78 Å². The minimum absolute atomic E-state index is 0.161. The summed E-state index contributed by atoms with van der Waals surface area (Å²) < 4.78 is 53.9. The highest BCUT2D eigenvalue weighted by atomic mass is 19.4. The summed E-state index contributed by atoms with van der Waals surface area (Å²) in [5.41, 5.74) is 4.29. The van der Waals surface area contributed by atoms with Gasteiger partial charge in [0.25, 0.3) is 0 Å². The van der Waals surface area contributed by atoms with Crippen LogP contribution in [0.2, 0.25) is 0 Å². The molecular formula is C28H22F3N3O4. The Morgan fingerprint density at radius 3 is 2.58 bits per heavy atom. The Hall–Kier alpha value is -4.60. The Balaban J connectivity index is 1.31. The normalized spacial score (nSPS) is 17.9. The van der Waals surface area contributed by atoms with Gasteiger partial charge < -0.3 is 14.2 Å². The molecule has 0 aliphatic heterocycles. The Labute approximate surface area is 216 Å². The number of hydrogen-bond acceptors (Lipinski definition) is 5. The van der Waals surface area contributed by atoms with Crippen molar-refractivity contribution < 1.29 is 32.2 Å². The number of carbonyl (C=O) groups is 1. The summed E-state index contributed by atoms with van der Waals surface area (Å²) in [6.45, 7) is 1.75. The maximum Gasteiger partial charge on any atom is 0.573 e. The summed E-state index contributed by atoms with van der Waals surface area (Å²) >= 11 is 0. The zero-order chi connectivity index (χ0) is 26.9. The maximum absolute atomic E-state index is 12.5. The fourth-order valence-electron chi connectivity index (χ4n) is 4.40. The lowest BCUT2D eigenvalue weighted by Gasteiger charge is -2.22. The van der Waals surface area contributed by atoms with Crippen LogP contribution in [0.15, 0.2) is 89.7 Å². The molecule has 0 saturated carbocycles. The molecule has 0 radical (unpaired) electrons. The van der Waals surface area contributed by atoms with Gasteiger partial charge in [0.1, 0.15) is 23.9 Å². The van der Waals surface area contributed by atoms with Gasteiger partial charge in [0.05, 0.1) is 24.2 Å². The Morgan fingerprint density at radius 2 is 1.84 bits per heavy atom. The highest BCUT2D eigenvalue weighted by Gasteiger charge is 2.31. The second kappa shape index (κ2) is 10.0. The number of ether oxygens (including phenoxy) is 3. The van der Waals surface area contributed by atoms with E-state index in [1.165, 1.54) is 24.3 Å². The van der Waals surface area contributed by atoms with Gasteiger partial charge >= 0.3 is 12.5 Å². The van der Waals surface area contributed by atoms with E-state index in [2.05, 4.69) is 14.7 Å². The van der Waals surface area contributed by atoms with Gasteiger partial charge in [-0.3, -0.25) is 4.57 Å². The van der Waals surface area contributed by atoms with Crippen LogP contribution in [-0.2, 0) is 4.74 Å². The smallest absolute Gasteiger partial charge is 0.496 e. The molecule has 5 rings (SSSR count). The van der Waals surface area contributed by atoms with Gasteiger partial charge in [-0.2, -0.15) is 4.99 Å². The highest BCUT2D eigenvalue weighted by molar-refractivity contribution is 6.10. The predicted molar refractivity (Wildman–Crippen MR) is 135 cm³/mol. The molecule has 0 N–H and O–H groups in total. The van der Waals surface area contributed by atoms with Gasteiger partial charge in [-0.05, 0) is 61.1 Å². The number of amides is 1. The molecule has 1 aromatic heterocycles. The number of allylic oxidation sites excluding steroid dienone is 5.